The number of ether oxygens (including phenoxy) is 1. The lowest BCUT2D eigenvalue weighted by molar-refractivity contribution is -0.144. The second-order valence-corrected chi connectivity index (χ2v) is 8.35. The fraction of sp³-hybridized carbons (Fsp3) is 0.667. The Kier molecular flexibility index (Phi) is 5.74. The number of hydrogen-bond donors (Lipinski definition) is 0. The van der Waals surface area contributed by atoms with Gasteiger partial charge in [0.15, 0.2) is 0 Å². The topological polar surface area (TPSA) is 29.5 Å². The van der Waals surface area contributed by atoms with Crippen molar-refractivity contribution in [3.05, 3.63) is 35.4 Å². The van der Waals surface area contributed by atoms with Crippen molar-refractivity contribution in [2.75, 3.05) is 7.11 Å². The Balaban J connectivity index is 2.15. The van der Waals surface area contributed by atoms with Gasteiger partial charge in [-0.05, 0) is 70.1 Å². The first kappa shape index (κ1) is 19.0. The Morgan fingerprint density at radius 3 is 2.21 bits per heavy atom. The molecule has 3 nitrogen and oxygen atoms in total. The Hall–Kier alpha value is -1.35. The molecule has 0 radical (unpaired) electrons. The van der Waals surface area contributed by atoms with Crippen LogP contribution >= 0.6 is 0 Å². The molecule has 0 amide bonds. The number of nitrogens with zero attached hydrogens (tertiary/aromatic N) is 1. The Bertz CT molecular complexity index is 560. The van der Waals surface area contributed by atoms with Crippen molar-refractivity contribution < 1.29 is 9.53 Å². The molecule has 0 saturated carbocycles. The zero-order valence-electron chi connectivity index (χ0n) is 16.3. The molecule has 1 aliphatic heterocycles. The standard InChI is InChI=1S/C21H33NO2/c1-14(2)12-19-18(21(5,6)22(19)15(3)4)13-16-8-10-17(11-9-16)20(23)24-7/h8-11,14-15,18-19H,12-13H2,1-7H3. The van der Waals surface area contributed by atoms with E-state index >= 15 is 0 Å². The Morgan fingerprint density at radius 2 is 1.75 bits per heavy atom. The lowest BCUT2D eigenvalue weighted by atomic mass is 9.64. The molecular weight excluding hydrogens is 298 g/mol. The van der Waals surface area contributed by atoms with E-state index in [1.807, 2.05) is 12.1 Å². The minimum atomic E-state index is -0.269. The molecule has 3 heteroatoms. The molecule has 2 atom stereocenters. The third kappa shape index (κ3) is 3.66. The molecule has 1 aromatic rings. The van der Waals surface area contributed by atoms with E-state index in [1.165, 1.54) is 19.1 Å². The van der Waals surface area contributed by atoms with Crippen molar-refractivity contribution in [2.24, 2.45) is 11.8 Å². The highest BCUT2D eigenvalue weighted by molar-refractivity contribution is 5.89. The SMILES string of the molecule is COC(=O)c1ccc(CC2C(CC(C)C)N(C(C)C)C2(C)C)cc1. The monoisotopic (exact) mass is 331 g/mol. The van der Waals surface area contributed by atoms with E-state index in [2.05, 4.69) is 58.6 Å². The highest BCUT2D eigenvalue weighted by Gasteiger charge is 2.54. The van der Waals surface area contributed by atoms with Crippen LogP contribution in [-0.4, -0.2) is 35.6 Å². The lowest BCUT2D eigenvalue weighted by Gasteiger charge is -2.64. The normalized spacial score (nSPS) is 23.4. The van der Waals surface area contributed by atoms with Gasteiger partial charge in [0.05, 0.1) is 12.7 Å². The van der Waals surface area contributed by atoms with Gasteiger partial charge < -0.3 is 4.74 Å². The van der Waals surface area contributed by atoms with Gasteiger partial charge >= 0.3 is 5.97 Å². The summed E-state index contributed by atoms with van der Waals surface area (Å²) in [6.07, 6.45) is 2.31. The average Bonchev–Trinajstić information content (AvgIpc) is 2.50. The molecule has 1 heterocycles. The highest BCUT2D eigenvalue weighted by atomic mass is 16.5. The van der Waals surface area contributed by atoms with E-state index in [0.717, 1.165) is 6.42 Å². The van der Waals surface area contributed by atoms with Crippen LogP contribution in [0.2, 0.25) is 0 Å². The largest absolute Gasteiger partial charge is 0.465 e. The van der Waals surface area contributed by atoms with Crippen LogP contribution in [-0.2, 0) is 11.2 Å². The second-order valence-electron chi connectivity index (χ2n) is 8.35. The van der Waals surface area contributed by atoms with Gasteiger partial charge in [-0.2, -0.15) is 0 Å². The van der Waals surface area contributed by atoms with Gasteiger partial charge in [-0.15, -0.1) is 0 Å². The number of esters is 1. The van der Waals surface area contributed by atoms with Gasteiger partial charge in [0, 0.05) is 17.6 Å². The third-order valence-corrected chi connectivity index (χ3v) is 5.49. The van der Waals surface area contributed by atoms with Crippen LogP contribution in [0.25, 0.3) is 0 Å². The van der Waals surface area contributed by atoms with Crippen LogP contribution in [0.4, 0.5) is 0 Å². The summed E-state index contributed by atoms with van der Waals surface area (Å²) < 4.78 is 4.78. The average molecular weight is 332 g/mol. The Labute approximate surface area is 147 Å². The zero-order valence-corrected chi connectivity index (χ0v) is 16.3. The zero-order chi connectivity index (χ0) is 18.1. The van der Waals surface area contributed by atoms with E-state index in [0.29, 0.717) is 29.5 Å². The van der Waals surface area contributed by atoms with Crippen molar-refractivity contribution in [3.8, 4) is 0 Å². The number of likely N-dealkylation sites (tertiary alicyclic amines) is 1. The van der Waals surface area contributed by atoms with Crippen LogP contribution in [0.15, 0.2) is 24.3 Å². The molecular formula is C21H33NO2. The summed E-state index contributed by atoms with van der Waals surface area (Å²) >= 11 is 0. The fourth-order valence-electron chi connectivity index (χ4n) is 4.55. The van der Waals surface area contributed by atoms with Crippen LogP contribution < -0.4 is 0 Å². The first-order valence-corrected chi connectivity index (χ1v) is 9.14. The van der Waals surface area contributed by atoms with E-state index in [-0.39, 0.29) is 11.5 Å². The number of methoxy groups -OCH3 is 1. The molecule has 0 N–H and O–H groups in total. The number of benzene rings is 1. The summed E-state index contributed by atoms with van der Waals surface area (Å²) in [6, 6.07) is 9.12. The molecule has 1 saturated heterocycles. The van der Waals surface area contributed by atoms with E-state index < -0.39 is 0 Å². The van der Waals surface area contributed by atoms with Crippen LogP contribution in [0.3, 0.4) is 0 Å². The van der Waals surface area contributed by atoms with E-state index in [1.54, 1.807) is 0 Å². The predicted molar refractivity (Wildman–Crippen MR) is 99.3 cm³/mol. The number of rotatable bonds is 6. The quantitative estimate of drug-likeness (QED) is 0.716. The maximum Gasteiger partial charge on any atom is 0.337 e. The van der Waals surface area contributed by atoms with Gasteiger partial charge in [0.2, 0.25) is 0 Å². The molecule has 0 aliphatic carbocycles. The maximum atomic E-state index is 11.6. The van der Waals surface area contributed by atoms with Gasteiger partial charge in [-0.1, -0.05) is 26.0 Å². The van der Waals surface area contributed by atoms with Crippen LogP contribution in [0.1, 0.15) is 63.9 Å². The van der Waals surface area contributed by atoms with Crippen LogP contribution in [0, 0.1) is 11.8 Å². The summed E-state index contributed by atoms with van der Waals surface area (Å²) in [7, 11) is 1.42. The molecule has 1 aliphatic rings. The summed E-state index contributed by atoms with van der Waals surface area (Å²) in [4.78, 5) is 14.3. The highest BCUT2D eigenvalue weighted by Crippen LogP contribution is 2.47. The van der Waals surface area contributed by atoms with Gasteiger partial charge in [-0.3, -0.25) is 4.90 Å². The molecule has 134 valence electrons. The minimum absolute atomic E-state index is 0.217. The van der Waals surface area contributed by atoms with Gasteiger partial charge in [-0.25, -0.2) is 4.79 Å². The minimum Gasteiger partial charge on any atom is -0.465 e. The molecule has 2 rings (SSSR count). The summed E-state index contributed by atoms with van der Waals surface area (Å²) in [5.41, 5.74) is 2.14. The molecule has 0 aromatic heterocycles. The Morgan fingerprint density at radius 1 is 1.17 bits per heavy atom. The molecule has 0 bridgehead atoms. The number of hydrogen-bond acceptors (Lipinski definition) is 3. The number of carbonyl (C=O) groups excluding carboxylic acids is 1. The smallest absolute Gasteiger partial charge is 0.337 e. The summed E-state index contributed by atoms with van der Waals surface area (Å²) in [6.45, 7) is 14.0. The maximum absolute atomic E-state index is 11.6. The molecule has 1 aromatic carbocycles. The lowest BCUT2D eigenvalue weighted by Crippen LogP contribution is -2.72. The second kappa shape index (κ2) is 7.26. The molecule has 1 fully saturated rings. The molecule has 0 spiro atoms. The van der Waals surface area contributed by atoms with Crippen molar-refractivity contribution >= 4 is 5.97 Å². The first-order valence-electron chi connectivity index (χ1n) is 9.14. The van der Waals surface area contributed by atoms with Gasteiger partial charge in [0.1, 0.15) is 0 Å². The van der Waals surface area contributed by atoms with Gasteiger partial charge in [0.25, 0.3) is 0 Å². The van der Waals surface area contributed by atoms with Crippen molar-refractivity contribution in [3.63, 3.8) is 0 Å². The molecule has 24 heavy (non-hydrogen) atoms. The third-order valence-electron chi connectivity index (χ3n) is 5.49. The van der Waals surface area contributed by atoms with Crippen molar-refractivity contribution in [1.29, 1.82) is 0 Å². The first-order chi connectivity index (χ1) is 11.2. The molecule has 2 unspecified atom stereocenters. The van der Waals surface area contributed by atoms with Crippen molar-refractivity contribution in [2.45, 2.75) is 72.0 Å². The van der Waals surface area contributed by atoms with Crippen LogP contribution in [0.5, 0.6) is 0 Å². The van der Waals surface area contributed by atoms with E-state index in [9.17, 15) is 4.79 Å². The summed E-state index contributed by atoms with van der Waals surface area (Å²) in [5, 5.41) is 0. The fourth-order valence-corrected chi connectivity index (χ4v) is 4.55. The summed E-state index contributed by atoms with van der Waals surface area (Å²) in [5.74, 6) is 1.08. The van der Waals surface area contributed by atoms with Crippen molar-refractivity contribution in [1.82, 2.24) is 4.90 Å². The van der Waals surface area contributed by atoms with E-state index in [4.69, 9.17) is 4.74 Å². The predicted octanol–water partition coefficient (Wildman–Crippen LogP) is 4.55. The number of carbonyl (C=O) groups is 1.